The van der Waals surface area contributed by atoms with E-state index in [-0.39, 0.29) is 6.04 Å². The van der Waals surface area contributed by atoms with Gasteiger partial charge < -0.3 is 0 Å². The van der Waals surface area contributed by atoms with Gasteiger partial charge in [-0.3, -0.25) is 4.84 Å². The molecule has 90 valence electrons. The lowest BCUT2D eigenvalue weighted by molar-refractivity contribution is -0.0376. The van der Waals surface area contributed by atoms with Gasteiger partial charge >= 0.3 is 0 Å². The van der Waals surface area contributed by atoms with Gasteiger partial charge in [-0.1, -0.05) is 36.0 Å². The second-order valence-corrected chi connectivity index (χ2v) is 6.43. The minimum atomic E-state index is 0.0804. The van der Waals surface area contributed by atoms with Crippen LogP contribution in [0.2, 0.25) is 8.67 Å². The molecule has 1 saturated carbocycles. The van der Waals surface area contributed by atoms with Gasteiger partial charge in [0.15, 0.2) is 0 Å². The van der Waals surface area contributed by atoms with Gasteiger partial charge in [0.25, 0.3) is 0 Å². The highest BCUT2D eigenvalue weighted by atomic mass is 35.5. The van der Waals surface area contributed by atoms with Gasteiger partial charge in [0.05, 0.1) is 20.8 Å². The van der Waals surface area contributed by atoms with E-state index in [0.29, 0.717) is 6.10 Å². The number of hydrogen-bond donors (Lipinski definition) is 1. The van der Waals surface area contributed by atoms with Crippen molar-refractivity contribution in [2.45, 2.75) is 44.8 Å². The molecule has 1 aromatic heterocycles. The van der Waals surface area contributed by atoms with Gasteiger partial charge in [0, 0.05) is 5.56 Å². The van der Waals surface area contributed by atoms with Crippen LogP contribution in [0.4, 0.5) is 0 Å². The van der Waals surface area contributed by atoms with Crippen molar-refractivity contribution in [2.24, 2.45) is 0 Å². The zero-order valence-corrected chi connectivity index (χ0v) is 11.5. The Balaban J connectivity index is 1.87. The molecule has 0 spiro atoms. The SMILES string of the molecule is CC(NOC1CCCC1)c1cc(Cl)sc1Cl. The topological polar surface area (TPSA) is 21.3 Å². The van der Waals surface area contributed by atoms with E-state index in [9.17, 15) is 0 Å². The maximum Gasteiger partial charge on any atom is 0.0992 e. The second-order valence-electron chi connectivity index (χ2n) is 4.14. The first kappa shape index (κ1) is 12.7. The smallest absolute Gasteiger partial charge is 0.0992 e. The molecule has 0 amide bonds. The number of rotatable bonds is 4. The van der Waals surface area contributed by atoms with Crippen molar-refractivity contribution >= 4 is 34.5 Å². The van der Waals surface area contributed by atoms with Crippen molar-refractivity contribution in [1.29, 1.82) is 0 Å². The van der Waals surface area contributed by atoms with Crippen LogP contribution < -0.4 is 5.48 Å². The number of hydroxylamine groups is 1. The number of halogens is 2. The Hall–Kier alpha value is 0.200. The summed E-state index contributed by atoms with van der Waals surface area (Å²) in [6.07, 6.45) is 5.20. The highest BCUT2D eigenvalue weighted by Crippen LogP contribution is 2.35. The molecule has 0 aromatic carbocycles. The summed E-state index contributed by atoms with van der Waals surface area (Å²) in [4.78, 5) is 5.64. The molecular weight excluding hydrogens is 265 g/mol. The molecule has 2 nitrogen and oxygen atoms in total. The van der Waals surface area contributed by atoms with Crippen LogP contribution in [0.1, 0.15) is 44.2 Å². The normalized spacial score (nSPS) is 19.2. The molecule has 1 unspecified atom stereocenters. The summed E-state index contributed by atoms with van der Waals surface area (Å²) in [5.41, 5.74) is 4.07. The Labute approximate surface area is 110 Å². The molecule has 0 saturated heterocycles. The standard InChI is InChI=1S/C11H15Cl2NOS/c1-7(9-6-10(12)16-11(9)13)14-15-8-4-2-3-5-8/h6-8,14H,2-5H2,1H3. The number of hydrogen-bond acceptors (Lipinski definition) is 3. The van der Waals surface area contributed by atoms with Crippen LogP contribution in [0.25, 0.3) is 0 Å². The molecule has 0 radical (unpaired) electrons. The summed E-state index contributed by atoms with van der Waals surface area (Å²) in [5, 5.41) is 0. The molecule has 1 N–H and O–H groups in total. The fourth-order valence-corrected chi connectivity index (χ4v) is 3.56. The zero-order valence-electron chi connectivity index (χ0n) is 9.13. The molecule has 1 heterocycles. The van der Waals surface area contributed by atoms with Gasteiger partial charge in [0.1, 0.15) is 0 Å². The summed E-state index contributed by atoms with van der Waals surface area (Å²) in [5.74, 6) is 0. The molecule has 5 heteroatoms. The van der Waals surface area contributed by atoms with E-state index in [4.69, 9.17) is 28.0 Å². The van der Waals surface area contributed by atoms with Crippen molar-refractivity contribution in [3.8, 4) is 0 Å². The summed E-state index contributed by atoms with van der Waals surface area (Å²) >= 11 is 13.4. The zero-order chi connectivity index (χ0) is 11.5. The van der Waals surface area contributed by atoms with E-state index in [1.54, 1.807) is 0 Å². The van der Waals surface area contributed by atoms with Crippen molar-refractivity contribution in [3.63, 3.8) is 0 Å². The fourth-order valence-electron chi connectivity index (χ4n) is 1.92. The quantitative estimate of drug-likeness (QED) is 0.815. The van der Waals surface area contributed by atoms with Crippen LogP contribution in [0, 0.1) is 0 Å². The van der Waals surface area contributed by atoms with Crippen LogP contribution in [-0.2, 0) is 4.84 Å². The molecule has 1 atom stereocenters. The third-order valence-electron chi connectivity index (χ3n) is 2.86. The first-order valence-electron chi connectivity index (χ1n) is 5.52. The molecule has 1 aliphatic carbocycles. The number of nitrogens with one attached hydrogen (secondary N) is 1. The molecule has 0 bridgehead atoms. The maximum absolute atomic E-state index is 6.07. The van der Waals surface area contributed by atoms with Crippen molar-refractivity contribution < 1.29 is 4.84 Å². The highest BCUT2D eigenvalue weighted by Gasteiger charge is 2.18. The minimum absolute atomic E-state index is 0.0804. The maximum atomic E-state index is 6.07. The predicted octanol–water partition coefficient (Wildman–Crippen LogP) is 4.58. The Morgan fingerprint density at radius 3 is 2.69 bits per heavy atom. The van der Waals surface area contributed by atoms with Crippen LogP contribution >= 0.6 is 34.5 Å². The summed E-state index contributed by atoms with van der Waals surface area (Å²) in [7, 11) is 0. The number of thiophene rings is 1. The monoisotopic (exact) mass is 279 g/mol. The van der Waals surface area contributed by atoms with Crippen molar-refractivity contribution in [3.05, 3.63) is 20.3 Å². The van der Waals surface area contributed by atoms with Gasteiger partial charge in [-0.15, -0.1) is 11.3 Å². The molecule has 1 fully saturated rings. The van der Waals surface area contributed by atoms with Crippen molar-refractivity contribution in [1.82, 2.24) is 5.48 Å². The van der Waals surface area contributed by atoms with Gasteiger partial charge in [0.2, 0.25) is 0 Å². The third-order valence-corrected chi connectivity index (χ3v) is 4.38. The lowest BCUT2D eigenvalue weighted by atomic mass is 10.2. The lowest BCUT2D eigenvalue weighted by Crippen LogP contribution is -2.24. The fraction of sp³-hybridized carbons (Fsp3) is 0.636. The largest absolute Gasteiger partial charge is 0.298 e. The van der Waals surface area contributed by atoms with E-state index in [2.05, 4.69) is 5.48 Å². The second kappa shape index (κ2) is 5.69. The van der Waals surface area contributed by atoms with E-state index in [1.165, 1.54) is 24.2 Å². The van der Waals surface area contributed by atoms with Gasteiger partial charge in [-0.05, 0) is 25.8 Å². The third kappa shape index (κ3) is 3.11. The Kier molecular flexibility index (Phi) is 4.50. The lowest BCUT2D eigenvalue weighted by Gasteiger charge is -2.17. The highest BCUT2D eigenvalue weighted by molar-refractivity contribution is 7.20. The summed E-state index contributed by atoms with van der Waals surface area (Å²) in [6, 6.07) is 1.97. The average molecular weight is 280 g/mol. The summed E-state index contributed by atoms with van der Waals surface area (Å²) < 4.78 is 1.45. The first-order chi connectivity index (χ1) is 7.66. The molecule has 16 heavy (non-hydrogen) atoms. The van der Waals surface area contributed by atoms with Crippen LogP contribution in [0.3, 0.4) is 0 Å². The predicted molar refractivity (Wildman–Crippen MR) is 69.2 cm³/mol. The van der Waals surface area contributed by atoms with E-state index < -0.39 is 0 Å². The van der Waals surface area contributed by atoms with E-state index in [1.807, 2.05) is 13.0 Å². The summed E-state index contributed by atoms with van der Waals surface area (Å²) in [6.45, 7) is 2.03. The van der Waals surface area contributed by atoms with E-state index >= 15 is 0 Å². The minimum Gasteiger partial charge on any atom is -0.298 e. The van der Waals surface area contributed by atoms with Crippen LogP contribution in [0.5, 0.6) is 0 Å². The van der Waals surface area contributed by atoms with Crippen LogP contribution in [0.15, 0.2) is 6.07 Å². The average Bonchev–Trinajstić information content (AvgIpc) is 2.84. The van der Waals surface area contributed by atoms with Crippen molar-refractivity contribution in [2.75, 3.05) is 0 Å². The Morgan fingerprint density at radius 2 is 2.12 bits per heavy atom. The molecule has 1 aliphatic rings. The molecule has 0 aliphatic heterocycles. The molecule has 2 rings (SSSR count). The van der Waals surface area contributed by atoms with Gasteiger partial charge in [-0.25, -0.2) is 0 Å². The van der Waals surface area contributed by atoms with Gasteiger partial charge in [-0.2, -0.15) is 5.48 Å². The Morgan fingerprint density at radius 1 is 1.44 bits per heavy atom. The van der Waals surface area contributed by atoms with E-state index in [0.717, 1.165) is 27.1 Å². The Bertz CT molecular complexity index is 350. The first-order valence-corrected chi connectivity index (χ1v) is 7.10. The molecule has 1 aromatic rings. The van der Waals surface area contributed by atoms with Crippen LogP contribution in [-0.4, -0.2) is 6.10 Å². The molecular formula is C11H15Cl2NOS.